The number of fused-ring (bicyclic) bond motifs is 3. The van der Waals surface area contributed by atoms with Crippen molar-refractivity contribution in [2.45, 2.75) is 26.3 Å². The molecule has 0 saturated heterocycles. The predicted octanol–water partition coefficient (Wildman–Crippen LogP) is 3.74. The maximum absolute atomic E-state index is 9.74. The molecule has 3 heterocycles. The van der Waals surface area contributed by atoms with E-state index < -0.39 is 0 Å². The summed E-state index contributed by atoms with van der Waals surface area (Å²) in [4.78, 5) is 7.85. The third-order valence-corrected chi connectivity index (χ3v) is 4.53. The topological polar surface area (TPSA) is 67.3 Å². The fourth-order valence-electron chi connectivity index (χ4n) is 3.33. The van der Waals surface area contributed by atoms with Crippen LogP contribution in [0.4, 0.5) is 5.82 Å². The fourth-order valence-corrected chi connectivity index (χ4v) is 3.33. The second kappa shape index (κ2) is 6.85. The number of rotatable bonds is 5. The maximum atomic E-state index is 9.74. The van der Waals surface area contributed by atoms with E-state index in [0.29, 0.717) is 12.1 Å². The lowest BCUT2D eigenvalue weighted by Gasteiger charge is -2.13. The molecule has 0 unspecified atom stereocenters. The zero-order valence-corrected chi connectivity index (χ0v) is 14.7. The van der Waals surface area contributed by atoms with Crippen LogP contribution in [0.3, 0.4) is 0 Å². The smallest absolute Gasteiger partial charge is 0.171 e. The maximum Gasteiger partial charge on any atom is 0.171 e. The second-order valence-corrected chi connectivity index (χ2v) is 6.32. The number of nitrogens with zero attached hydrogens (tertiary/aromatic N) is 3. The molecule has 0 aliphatic heterocycles. The minimum absolute atomic E-state index is 0.668. The van der Waals surface area contributed by atoms with Gasteiger partial charge >= 0.3 is 0 Å². The van der Waals surface area contributed by atoms with Crippen molar-refractivity contribution in [3.8, 4) is 6.07 Å². The second-order valence-electron chi connectivity index (χ2n) is 6.32. The molecule has 4 aromatic rings. The van der Waals surface area contributed by atoms with Gasteiger partial charge in [0.2, 0.25) is 0 Å². The molecular weight excluding hydrogens is 322 g/mol. The van der Waals surface area contributed by atoms with E-state index in [2.05, 4.69) is 39.8 Å². The average molecular weight is 342 g/mol. The summed E-state index contributed by atoms with van der Waals surface area (Å²) < 4.78 is 2.06. The van der Waals surface area contributed by atoms with Crippen molar-refractivity contribution >= 4 is 22.5 Å². The van der Waals surface area contributed by atoms with Crippen molar-refractivity contribution in [1.82, 2.24) is 9.38 Å². The third kappa shape index (κ3) is 2.76. The minimum atomic E-state index is 0.668. The number of hydrogen-bond donors (Lipinski definition) is 1. The molecule has 0 atom stereocenters. The summed E-state index contributed by atoms with van der Waals surface area (Å²) in [7, 11) is 0. The Balaban J connectivity index is 1.90. The van der Waals surface area contributed by atoms with E-state index in [4.69, 9.17) is 4.98 Å². The van der Waals surface area contributed by atoms with Gasteiger partial charge in [-0.15, -0.1) is 0 Å². The van der Waals surface area contributed by atoms with Gasteiger partial charge in [-0.3, -0.25) is 4.40 Å². The predicted molar refractivity (Wildman–Crippen MR) is 102 cm³/mol. The number of aromatic nitrogens is 3. The molecule has 0 saturated carbocycles. The van der Waals surface area contributed by atoms with Crippen molar-refractivity contribution in [2.24, 2.45) is 0 Å². The van der Waals surface area contributed by atoms with Crippen molar-refractivity contribution in [3.63, 3.8) is 0 Å². The van der Waals surface area contributed by atoms with Gasteiger partial charge in [0.1, 0.15) is 11.9 Å². The van der Waals surface area contributed by atoms with E-state index in [1.807, 2.05) is 42.7 Å². The summed E-state index contributed by atoms with van der Waals surface area (Å²) in [6, 6.07) is 16.5. The summed E-state index contributed by atoms with van der Waals surface area (Å²) in [6.07, 6.45) is 5.72. The van der Waals surface area contributed by atoms with Crippen molar-refractivity contribution in [1.29, 1.82) is 5.26 Å². The molecule has 0 amide bonds. The standard InChI is InChI=1S/C21H19N5/c1-2-6-16-11-20(24-14-15-7-5-10-23-13-15)26-19-9-4-3-8-18(19)25-21(26)17(16)12-22/h3-5,7-11,13,24H,2,6,14H2,1H3/p+1. The normalized spacial score (nSPS) is 10.9. The van der Waals surface area contributed by atoms with Gasteiger partial charge in [-0.2, -0.15) is 5.26 Å². The van der Waals surface area contributed by atoms with E-state index in [0.717, 1.165) is 46.5 Å². The van der Waals surface area contributed by atoms with Gasteiger partial charge < -0.3 is 5.32 Å². The van der Waals surface area contributed by atoms with Crippen molar-refractivity contribution in [2.75, 3.05) is 5.32 Å². The quantitative estimate of drug-likeness (QED) is 0.601. The fraction of sp³-hybridized carbons (Fsp3) is 0.190. The number of anilines is 1. The van der Waals surface area contributed by atoms with Crippen molar-refractivity contribution < 1.29 is 4.98 Å². The molecule has 26 heavy (non-hydrogen) atoms. The first kappa shape index (κ1) is 16.1. The molecule has 0 fully saturated rings. The van der Waals surface area contributed by atoms with Crippen LogP contribution in [0.5, 0.6) is 0 Å². The lowest BCUT2D eigenvalue weighted by atomic mass is 10.1. The van der Waals surface area contributed by atoms with Gasteiger partial charge in [-0.25, -0.2) is 9.97 Å². The highest BCUT2D eigenvalue weighted by molar-refractivity contribution is 5.85. The molecule has 2 N–H and O–H groups in total. The molecule has 3 aromatic heterocycles. The highest BCUT2D eigenvalue weighted by Gasteiger charge is 2.16. The number of H-pyrrole nitrogens is 1. The van der Waals surface area contributed by atoms with Crippen LogP contribution < -0.4 is 10.3 Å². The molecule has 0 spiro atoms. The first-order chi connectivity index (χ1) is 12.8. The third-order valence-electron chi connectivity index (χ3n) is 4.53. The Kier molecular flexibility index (Phi) is 4.24. The molecule has 0 aliphatic carbocycles. The van der Waals surface area contributed by atoms with Crippen LogP contribution in [-0.2, 0) is 13.0 Å². The van der Waals surface area contributed by atoms with Crippen LogP contribution in [0.25, 0.3) is 16.7 Å². The SMILES string of the molecule is CCCc1cc(NCc2ccc[nH+]c2)n2c(nc3ccccc32)c1C#N. The number of nitriles is 1. The van der Waals surface area contributed by atoms with Crippen LogP contribution in [0.15, 0.2) is 54.9 Å². The van der Waals surface area contributed by atoms with Crippen LogP contribution in [0.1, 0.15) is 30.0 Å². The Hall–Kier alpha value is -3.39. The summed E-state index contributed by atoms with van der Waals surface area (Å²) in [5.41, 5.74) is 5.49. The zero-order valence-electron chi connectivity index (χ0n) is 14.7. The van der Waals surface area contributed by atoms with Crippen LogP contribution in [0.2, 0.25) is 0 Å². The average Bonchev–Trinajstić information content (AvgIpc) is 3.07. The summed E-state index contributed by atoms with van der Waals surface area (Å²) in [5.74, 6) is 0.958. The van der Waals surface area contributed by atoms with Gasteiger partial charge in [0, 0.05) is 18.2 Å². The summed E-state index contributed by atoms with van der Waals surface area (Å²) in [6.45, 7) is 2.82. The van der Waals surface area contributed by atoms with E-state index in [9.17, 15) is 5.26 Å². The Labute approximate surface area is 151 Å². The first-order valence-electron chi connectivity index (χ1n) is 8.84. The van der Waals surface area contributed by atoms with Crippen LogP contribution in [-0.4, -0.2) is 9.38 Å². The molecular formula is C21H20N5+. The highest BCUT2D eigenvalue weighted by Crippen LogP contribution is 2.27. The first-order valence-corrected chi connectivity index (χ1v) is 8.84. The Morgan fingerprint density at radius 1 is 1.23 bits per heavy atom. The molecule has 5 nitrogen and oxygen atoms in total. The highest BCUT2D eigenvalue weighted by atomic mass is 15.1. The zero-order chi connectivity index (χ0) is 17.9. The number of aryl methyl sites for hydroxylation is 1. The van der Waals surface area contributed by atoms with Gasteiger partial charge in [-0.1, -0.05) is 25.5 Å². The number of hydrogen-bond acceptors (Lipinski definition) is 3. The Morgan fingerprint density at radius 2 is 2.12 bits per heavy atom. The van der Waals surface area contributed by atoms with Gasteiger partial charge in [0.25, 0.3) is 0 Å². The summed E-state index contributed by atoms with van der Waals surface area (Å²) in [5, 5.41) is 13.3. The largest absolute Gasteiger partial charge is 0.367 e. The van der Waals surface area contributed by atoms with E-state index in [-0.39, 0.29) is 0 Å². The Bertz CT molecular complexity index is 1110. The number of benzene rings is 1. The van der Waals surface area contributed by atoms with Gasteiger partial charge in [-0.05, 0) is 36.2 Å². The lowest BCUT2D eigenvalue weighted by molar-refractivity contribution is -0.378. The Morgan fingerprint density at radius 3 is 2.88 bits per heavy atom. The molecule has 128 valence electrons. The number of pyridine rings is 2. The molecule has 0 bridgehead atoms. The number of imidazole rings is 1. The summed E-state index contributed by atoms with van der Waals surface area (Å²) >= 11 is 0. The number of nitrogens with one attached hydrogen (secondary N) is 2. The van der Waals surface area contributed by atoms with E-state index >= 15 is 0 Å². The molecule has 1 aromatic carbocycles. The van der Waals surface area contributed by atoms with Crippen molar-refractivity contribution in [3.05, 3.63) is 71.5 Å². The molecule has 5 heteroatoms. The number of aromatic amines is 1. The molecule has 0 radical (unpaired) electrons. The van der Waals surface area contributed by atoms with Crippen LogP contribution >= 0.6 is 0 Å². The van der Waals surface area contributed by atoms with E-state index in [1.54, 1.807) is 0 Å². The molecule has 4 rings (SSSR count). The van der Waals surface area contributed by atoms with Crippen LogP contribution in [0, 0.1) is 11.3 Å². The van der Waals surface area contributed by atoms with Gasteiger partial charge in [0.05, 0.1) is 16.6 Å². The van der Waals surface area contributed by atoms with Gasteiger partial charge in [0.15, 0.2) is 18.0 Å². The lowest BCUT2D eigenvalue weighted by Crippen LogP contribution is -2.09. The monoisotopic (exact) mass is 342 g/mol. The number of para-hydroxylation sites is 2. The minimum Gasteiger partial charge on any atom is -0.367 e. The van der Waals surface area contributed by atoms with E-state index in [1.165, 1.54) is 0 Å². The molecule has 0 aliphatic rings.